The summed E-state index contributed by atoms with van der Waals surface area (Å²) >= 11 is 6.05. The molecular formula is C12H21ClN4O. The average Bonchev–Trinajstić information content (AvgIpc) is 2.65. The van der Waals surface area contributed by atoms with Crippen LogP contribution in [-0.2, 0) is 6.54 Å². The fourth-order valence-electron chi connectivity index (χ4n) is 1.53. The average molecular weight is 273 g/mol. The van der Waals surface area contributed by atoms with Gasteiger partial charge in [-0.05, 0) is 21.0 Å². The summed E-state index contributed by atoms with van der Waals surface area (Å²) in [5.41, 5.74) is 6.22. The van der Waals surface area contributed by atoms with Crippen LogP contribution in [0, 0.1) is 5.92 Å². The summed E-state index contributed by atoms with van der Waals surface area (Å²) in [6, 6.07) is -0.203. The van der Waals surface area contributed by atoms with E-state index in [2.05, 4.69) is 5.10 Å². The van der Waals surface area contributed by atoms with E-state index >= 15 is 0 Å². The van der Waals surface area contributed by atoms with Crippen molar-refractivity contribution in [3.63, 3.8) is 0 Å². The zero-order valence-corrected chi connectivity index (χ0v) is 12.1. The molecule has 102 valence electrons. The topological polar surface area (TPSA) is 64.2 Å². The third kappa shape index (κ3) is 3.54. The van der Waals surface area contributed by atoms with Crippen molar-refractivity contribution in [3.05, 3.63) is 16.9 Å². The molecule has 0 aromatic carbocycles. The highest BCUT2D eigenvalue weighted by molar-refractivity contribution is 6.33. The molecule has 0 radical (unpaired) electrons. The Morgan fingerprint density at radius 1 is 1.56 bits per heavy atom. The lowest BCUT2D eigenvalue weighted by molar-refractivity contribution is 0.0905. The Hall–Kier alpha value is -0.910. The number of Topliss-reactive ketones (excluding diaryl/α,β-unsaturated/α-hetero) is 1. The molecule has 0 amide bonds. The number of carbonyl (C=O) groups excluding carboxylic acids is 1. The second-order valence-electron chi connectivity index (χ2n) is 4.88. The highest BCUT2D eigenvalue weighted by Gasteiger charge is 2.25. The first-order valence-corrected chi connectivity index (χ1v) is 6.38. The molecular weight excluding hydrogens is 252 g/mol. The lowest BCUT2D eigenvalue weighted by Crippen LogP contribution is -2.32. The maximum atomic E-state index is 12.3. The summed E-state index contributed by atoms with van der Waals surface area (Å²) < 4.78 is 1.66. The number of hydrogen-bond donors (Lipinski definition) is 1. The second kappa shape index (κ2) is 6.31. The van der Waals surface area contributed by atoms with Crippen molar-refractivity contribution in [2.75, 3.05) is 20.6 Å². The van der Waals surface area contributed by atoms with Gasteiger partial charge in [-0.1, -0.05) is 18.5 Å². The normalized spacial score (nSPS) is 14.8. The first-order valence-electron chi connectivity index (χ1n) is 6.00. The SMILES string of the molecule is CC(N)C(C)C(=O)c1c(Cl)cnn1CCN(C)C. The molecule has 0 aliphatic rings. The minimum Gasteiger partial charge on any atom is -0.327 e. The van der Waals surface area contributed by atoms with Crippen LogP contribution < -0.4 is 5.73 Å². The third-order valence-electron chi connectivity index (χ3n) is 2.99. The van der Waals surface area contributed by atoms with Gasteiger partial charge in [-0.15, -0.1) is 0 Å². The molecule has 1 aromatic heterocycles. The van der Waals surface area contributed by atoms with Gasteiger partial charge in [-0.25, -0.2) is 0 Å². The van der Waals surface area contributed by atoms with E-state index in [0.29, 0.717) is 17.3 Å². The number of nitrogens with zero attached hydrogens (tertiary/aromatic N) is 3. The number of rotatable bonds is 6. The second-order valence-corrected chi connectivity index (χ2v) is 5.29. The number of carbonyl (C=O) groups is 1. The van der Waals surface area contributed by atoms with Crippen LogP contribution in [0.25, 0.3) is 0 Å². The van der Waals surface area contributed by atoms with E-state index in [1.807, 2.05) is 32.8 Å². The predicted molar refractivity (Wildman–Crippen MR) is 72.9 cm³/mol. The van der Waals surface area contributed by atoms with E-state index in [9.17, 15) is 4.79 Å². The number of hydrogen-bond acceptors (Lipinski definition) is 4. The molecule has 2 N–H and O–H groups in total. The van der Waals surface area contributed by atoms with Gasteiger partial charge in [-0.3, -0.25) is 9.48 Å². The molecule has 0 saturated heterocycles. The lowest BCUT2D eigenvalue weighted by Gasteiger charge is -2.16. The van der Waals surface area contributed by atoms with E-state index in [4.69, 9.17) is 17.3 Å². The largest absolute Gasteiger partial charge is 0.327 e. The Morgan fingerprint density at radius 2 is 2.17 bits per heavy atom. The quantitative estimate of drug-likeness (QED) is 0.792. The molecule has 0 bridgehead atoms. The number of nitrogens with two attached hydrogens (primary N) is 1. The molecule has 5 nitrogen and oxygen atoms in total. The van der Waals surface area contributed by atoms with Crippen molar-refractivity contribution in [1.82, 2.24) is 14.7 Å². The van der Waals surface area contributed by atoms with Crippen molar-refractivity contribution in [3.8, 4) is 0 Å². The van der Waals surface area contributed by atoms with Crippen LogP contribution in [0.3, 0.4) is 0 Å². The summed E-state index contributed by atoms with van der Waals surface area (Å²) in [4.78, 5) is 14.3. The maximum Gasteiger partial charge on any atom is 0.186 e. The maximum absolute atomic E-state index is 12.3. The Labute approximate surface area is 113 Å². The summed E-state index contributed by atoms with van der Waals surface area (Å²) in [5, 5.41) is 4.54. The van der Waals surface area contributed by atoms with Crippen molar-refractivity contribution in [2.45, 2.75) is 26.4 Å². The summed E-state index contributed by atoms with van der Waals surface area (Å²) in [5.74, 6) is -0.316. The van der Waals surface area contributed by atoms with Gasteiger partial charge < -0.3 is 10.6 Å². The van der Waals surface area contributed by atoms with E-state index in [1.54, 1.807) is 4.68 Å². The molecule has 1 heterocycles. The van der Waals surface area contributed by atoms with E-state index in [-0.39, 0.29) is 17.7 Å². The van der Waals surface area contributed by atoms with Crippen LogP contribution in [0.4, 0.5) is 0 Å². The summed E-state index contributed by atoms with van der Waals surface area (Å²) in [6.45, 7) is 5.06. The molecule has 6 heteroatoms. The molecule has 2 unspecified atom stereocenters. The Balaban J connectivity index is 2.93. The monoisotopic (exact) mass is 272 g/mol. The molecule has 0 spiro atoms. The van der Waals surface area contributed by atoms with Gasteiger partial charge in [0, 0.05) is 18.5 Å². The number of likely N-dealkylation sites (N-methyl/N-ethyl adjacent to an activating group) is 1. The highest BCUT2D eigenvalue weighted by atomic mass is 35.5. The fraction of sp³-hybridized carbons (Fsp3) is 0.667. The zero-order chi connectivity index (χ0) is 13.9. The van der Waals surface area contributed by atoms with Crippen molar-refractivity contribution in [1.29, 1.82) is 0 Å². The molecule has 0 saturated carbocycles. The van der Waals surface area contributed by atoms with Crippen LogP contribution in [0.2, 0.25) is 5.02 Å². The molecule has 1 rings (SSSR count). The fourth-order valence-corrected chi connectivity index (χ4v) is 1.76. The smallest absolute Gasteiger partial charge is 0.186 e. The molecule has 1 aromatic rings. The van der Waals surface area contributed by atoms with Gasteiger partial charge >= 0.3 is 0 Å². The number of aromatic nitrogens is 2. The van der Waals surface area contributed by atoms with Gasteiger partial charge in [0.1, 0.15) is 5.69 Å². The number of ketones is 1. The zero-order valence-electron chi connectivity index (χ0n) is 11.4. The molecule has 0 aliphatic heterocycles. The first-order chi connectivity index (χ1) is 8.34. The summed E-state index contributed by atoms with van der Waals surface area (Å²) in [6.07, 6.45) is 1.51. The molecule has 18 heavy (non-hydrogen) atoms. The van der Waals surface area contributed by atoms with Crippen LogP contribution in [0.5, 0.6) is 0 Å². The third-order valence-corrected chi connectivity index (χ3v) is 3.27. The van der Waals surface area contributed by atoms with E-state index < -0.39 is 0 Å². The van der Waals surface area contributed by atoms with Gasteiger partial charge in [0.2, 0.25) is 0 Å². The first kappa shape index (κ1) is 15.1. The highest BCUT2D eigenvalue weighted by Crippen LogP contribution is 2.20. The predicted octanol–water partition coefficient (Wildman–Crippen LogP) is 1.26. The minimum absolute atomic E-state index is 0.0498. The van der Waals surface area contributed by atoms with Crippen molar-refractivity contribution >= 4 is 17.4 Å². The molecule has 0 fully saturated rings. The standard InChI is InChI=1S/C12H21ClN4O/c1-8(9(2)14)12(18)11-10(13)7-15-17(11)6-5-16(3)4/h7-9H,5-6,14H2,1-4H3. The van der Waals surface area contributed by atoms with Crippen LogP contribution >= 0.6 is 11.6 Å². The van der Waals surface area contributed by atoms with E-state index in [1.165, 1.54) is 6.20 Å². The van der Waals surface area contributed by atoms with Crippen LogP contribution in [0.1, 0.15) is 24.3 Å². The van der Waals surface area contributed by atoms with Gasteiger partial charge in [-0.2, -0.15) is 5.10 Å². The minimum atomic E-state index is -0.266. The number of halogens is 1. The van der Waals surface area contributed by atoms with Gasteiger partial charge in [0.05, 0.1) is 17.8 Å². The Morgan fingerprint density at radius 3 is 2.67 bits per heavy atom. The van der Waals surface area contributed by atoms with Crippen LogP contribution in [0.15, 0.2) is 6.20 Å². The Kier molecular flexibility index (Phi) is 5.31. The summed E-state index contributed by atoms with van der Waals surface area (Å²) in [7, 11) is 3.94. The van der Waals surface area contributed by atoms with E-state index in [0.717, 1.165) is 6.54 Å². The lowest BCUT2D eigenvalue weighted by atomic mass is 9.97. The Bertz CT molecular complexity index is 414. The van der Waals surface area contributed by atoms with Gasteiger partial charge in [0.15, 0.2) is 5.78 Å². The molecule has 2 atom stereocenters. The van der Waals surface area contributed by atoms with Crippen LogP contribution in [-0.4, -0.2) is 47.1 Å². The van der Waals surface area contributed by atoms with Gasteiger partial charge in [0.25, 0.3) is 0 Å². The van der Waals surface area contributed by atoms with Crippen molar-refractivity contribution < 1.29 is 4.79 Å². The molecule has 0 aliphatic carbocycles. The van der Waals surface area contributed by atoms with Crippen molar-refractivity contribution in [2.24, 2.45) is 11.7 Å².